The van der Waals surface area contributed by atoms with Crippen LogP contribution in [-0.4, -0.2) is 6.04 Å². The van der Waals surface area contributed by atoms with E-state index in [2.05, 4.69) is 28.1 Å². The van der Waals surface area contributed by atoms with Crippen molar-refractivity contribution < 1.29 is 0 Å². The fourth-order valence-electron chi connectivity index (χ4n) is 1.35. The molecule has 1 rings (SSSR count). The van der Waals surface area contributed by atoms with Gasteiger partial charge in [-0.1, -0.05) is 28.1 Å². The minimum Gasteiger partial charge on any atom is -0.328 e. The highest BCUT2D eigenvalue weighted by Crippen LogP contribution is 2.20. The van der Waals surface area contributed by atoms with Crippen molar-refractivity contribution in [2.75, 3.05) is 0 Å². The maximum absolute atomic E-state index is 6.04. The highest BCUT2D eigenvalue weighted by atomic mass is 79.9. The van der Waals surface area contributed by atoms with Crippen LogP contribution in [-0.2, 0) is 0 Å². The van der Waals surface area contributed by atoms with Crippen LogP contribution in [0.15, 0.2) is 28.7 Å². The summed E-state index contributed by atoms with van der Waals surface area (Å²) in [6.45, 7) is 2.01. The highest BCUT2D eigenvalue weighted by Gasteiger charge is 2.06. The minimum atomic E-state index is 0.0958. The van der Waals surface area contributed by atoms with E-state index in [9.17, 15) is 0 Å². The molecule has 0 aromatic heterocycles. The third kappa shape index (κ3) is 3.78. The van der Waals surface area contributed by atoms with Crippen molar-refractivity contribution in [3.8, 4) is 0 Å². The molecule has 0 saturated heterocycles. The summed E-state index contributed by atoms with van der Waals surface area (Å²) >= 11 is 3.43. The molecule has 2 unspecified atom stereocenters. The number of hydrogen-bond donors (Lipinski definition) is 2. The summed E-state index contributed by atoms with van der Waals surface area (Å²) in [6, 6.07) is 8.45. The Morgan fingerprint density at radius 2 is 2.00 bits per heavy atom. The maximum atomic E-state index is 6.04. The number of halogens is 1. The van der Waals surface area contributed by atoms with E-state index in [-0.39, 0.29) is 12.1 Å². The van der Waals surface area contributed by atoms with Gasteiger partial charge >= 0.3 is 0 Å². The van der Waals surface area contributed by atoms with Crippen LogP contribution in [0.2, 0.25) is 0 Å². The molecule has 78 valence electrons. The summed E-state index contributed by atoms with van der Waals surface area (Å²) in [5.74, 6) is 0. The lowest BCUT2D eigenvalue weighted by Crippen LogP contribution is -2.18. The quantitative estimate of drug-likeness (QED) is 0.871. The lowest BCUT2D eigenvalue weighted by atomic mass is 10.0. The van der Waals surface area contributed by atoms with Crippen LogP contribution in [0.5, 0.6) is 0 Å². The van der Waals surface area contributed by atoms with Gasteiger partial charge in [0.2, 0.25) is 0 Å². The zero-order valence-electron chi connectivity index (χ0n) is 8.41. The van der Waals surface area contributed by atoms with Crippen LogP contribution in [0, 0.1) is 0 Å². The second-order valence-electron chi connectivity index (χ2n) is 3.72. The van der Waals surface area contributed by atoms with Gasteiger partial charge in [-0.2, -0.15) is 0 Å². The molecule has 0 saturated carbocycles. The minimum absolute atomic E-state index is 0.0958. The zero-order valence-corrected chi connectivity index (χ0v) is 10.00. The molecule has 3 heteroatoms. The molecule has 2 atom stereocenters. The second-order valence-corrected chi connectivity index (χ2v) is 4.63. The first kappa shape index (κ1) is 11.7. The third-order valence-electron chi connectivity index (χ3n) is 2.21. The molecule has 2 nitrogen and oxygen atoms in total. The Hall–Kier alpha value is -0.380. The molecule has 1 aromatic rings. The van der Waals surface area contributed by atoms with Crippen molar-refractivity contribution in [1.29, 1.82) is 0 Å². The molecule has 0 heterocycles. The Labute approximate surface area is 93.8 Å². The van der Waals surface area contributed by atoms with E-state index in [1.54, 1.807) is 0 Å². The highest BCUT2D eigenvalue weighted by molar-refractivity contribution is 9.10. The van der Waals surface area contributed by atoms with Crippen LogP contribution in [0.3, 0.4) is 0 Å². The number of nitrogens with two attached hydrogens (primary N) is 2. The van der Waals surface area contributed by atoms with E-state index in [1.807, 2.05) is 19.1 Å². The van der Waals surface area contributed by atoms with Crippen molar-refractivity contribution in [2.45, 2.75) is 31.8 Å². The van der Waals surface area contributed by atoms with Crippen LogP contribution < -0.4 is 11.5 Å². The first-order chi connectivity index (χ1) is 6.59. The first-order valence-electron chi connectivity index (χ1n) is 4.86. The van der Waals surface area contributed by atoms with Crippen molar-refractivity contribution in [3.63, 3.8) is 0 Å². The number of benzene rings is 1. The lowest BCUT2D eigenvalue weighted by Gasteiger charge is -2.13. The van der Waals surface area contributed by atoms with Crippen molar-refractivity contribution in [2.24, 2.45) is 11.5 Å². The van der Waals surface area contributed by atoms with Gasteiger partial charge in [-0.25, -0.2) is 0 Å². The SMILES string of the molecule is CC(N)CCC(N)c1cccc(Br)c1. The Morgan fingerprint density at radius 1 is 1.29 bits per heavy atom. The van der Waals surface area contributed by atoms with Crippen LogP contribution in [0.25, 0.3) is 0 Å². The standard InChI is InChI=1S/C11H17BrN2/c1-8(13)5-6-11(14)9-3-2-4-10(12)7-9/h2-4,7-8,11H,5-6,13-14H2,1H3. The van der Waals surface area contributed by atoms with E-state index in [0.29, 0.717) is 0 Å². The smallest absolute Gasteiger partial charge is 0.0295 e. The summed E-state index contributed by atoms with van der Waals surface area (Å²) in [7, 11) is 0. The predicted octanol–water partition coefficient (Wildman–Crippen LogP) is 2.58. The van der Waals surface area contributed by atoms with E-state index in [1.165, 1.54) is 5.56 Å². The monoisotopic (exact) mass is 256 g/mol. The van der Waals surface area contributed by atoms with E-state index in [0.717, 1.165) is 17.3 Å². The summed E-state index contributed by atoms with van der Waals surface area (Å²) in [5, 5.41) is 0. The summed E-state index contributed by atoms with van der Waals surface area (Å²) in [5.41, 5.74) is 12.9. The van der Waals surface area contributed by atoms with Crippen molar-refractivity contribution in [3.05, 3.63) is 34.3 Å². The first-order valence-corrected chi connectivity index (χ1v) is 5.65. The molecule has 0 radical (unpaired) electrons. The topological polar surface area (TPSA) is 52.0 Å². The Bertz CT molecular complexity index is 286. The van der Waals surface area contributed by atoms with Gasteiger partial charge in [0.25, 0.3) is 0 Å². The van der Waals surface area contributed by atoms with Gasteiger partial charge in [-0.05, 0) is 37.5 Å². The fraction of sp³-hybridized carbons (Fsp3) is 0.455. The fourth-order valence-corrected chi connectivity index (χ4v) is 1.76. The molecule has 0 bridgehead atoms. The van der Waals surface area contributed by atoms with Crippen molar-refractivity contribution >= 4 is 15.9 Å². The van der Waals surface area contributed by atoms with Crippen LogP contribution in [0.4, 0.5) is 0 Å². The molecule has 0 fully saturated rings. The van der Waals surface area contributed by atoms with Gasteiger partial charge in [0.1, 0.15) is 0 Å². The molecule has 4 N–H and O–H groups in total. The normalized spacial score (nSPS) is 15.1. The molecular formula is C11H17BrN2. The van der Waals surface area contributed by atoms with E-state index in [4.69, 9.17) is 11.5 Å². The molecule has 0 spiro atoms. The van der Waals surface area contributed by atoms with Gasteiger partial charge in [-0.3, -0.25) is 0 Å². The average molecular weight is 257 g/mol. The zero-order chi connectivity index (χ0) is 10.6. The lowest BCUT2D eigenvalue weighted by molar-refractivity contribution is 0.555. The molecule has 1 aromatic carbocycles. The Kier molecular flexibility index (Phi) is 4.58. The molecule has 0 aliphatic carbocycles. The molecule has 14 heavy (non-hydrogen) atoms. The van der Waals surface area contributed by atoms with E-state index < -0.39 is 0 Å². The Morgan fingerprint density at radius 3 is 2.57 bits per heavy atom. The Balaban J connectivity index is 2.56. The van der Waals surface area contributed by atoms with Gasteiger partial charge in [0, 0.05) is 16.6 Å². The number of hydrogen-bond acceptors (Lipinski definition) is 2. The third-order valence-corrected chi connectivity index (χ3v) is 2.70. The van der Waals surface area contributed by atoms with E-state index >= 15 is 0 Å². The predicted molar refractivity (Wildman–Crippen MR) is 64.0 cm³/mol. The molecular weight excluding hydrogens is 240 g/mol. The van der Waals surface area contributed by atoms with Gasteiger partial charge in [-0.15, -0.1) is 0 Å². The largest absolute Gasteiger partial charge is 0.328 e. The van der Waals surface area contributed by atoms with Gasteiger partial charge in [0.15, 0.2) is 0 Å². The van der Waals surface area contributed by atoms with Crippen LogP contribution in [0.1, 0.15) is 31.4 Å². The maximum Gasteiger partial charge on any atom is 0.0295 e. The molecule has 0 aliphatic heterocycles. The van der Waals surface area contributed by atoms with Crippen molar-refractivity contribution in [1.82, 2.24) is 0 Å². The summed E-state index contributed by atoms with van der Waals surface area (Å²) in [6.07, 6.45) is 1.90. The summed E-state index contributed by atoms with van der Waals surface area (Å²) in [4.78, 5) is 0. The average Bonchev–Trinajstić information content (AvgIpc) is 2.14. The molecule has 0 amide bonds. The van der Waals surface area contributed by atoms with Gasteiger partial charge in [0.05, 0.1) is 0 Å². The molecule has 0 aliphatic rings. The second kappa shape index (κ2) is 5.49. The number of rotatable bonds is 4. The van der Waals surface area contributed by atoms with Gasteiger partial charge < -0.3 is 11.5 Å². The summed E-state index contributed by atoms with van der Waals surface area (Å²) < 4.78 is 1.08. The van der Waals surface area contributed by atoms with Crippen LogP contribution >= 0.6 is 15.9 Å².